The summed E-state index contributed by atoms with van der Waals surface area (Å²) in [6.07, 6.45) is 0.165. The Bertz CT molecular complexity index is 1440. The van der Waals surface area contributed by atoms with Gasteiger partial charge in [0.05, 0.1) is 38.6 Å². The van der Waals surface area contributed by atoms with Gasteiger partial charge in [-0.15, -0.1) is 11.3 Å². The number of nitrogens with zero attached hydrogens (tertiary/aromatic N) is 2. The van der Waals surface area contributed by atoms with Gasteiger partial charge in [-0.05, 0) is 35.7 Å². The highest BCUT2D eigenvalue weighted by atomic mass is 35.5. The second kappa shape index (κ2) is 13.5. The Balaban J connectivity index is 1.64. The van der Waals surface area contributed by atoms with Gasteiger partial charge in [0.2, 0.25) is 11.8 Å². The van der Waals surface area contributed by atoms with E-state index in [1.165, 1.54) is 18.4 Å². The third kappa shape index (κ3) is 7.20. The third-order valence-corrected chi connectivity index (χ3v) is 7.50. The van der Waals surface area contributed by atoms with E-state index in [2.05, 4.69) is 5.32 Å². The van der Waals surface area contributed by atoms with Crippen LogP contribution in [0.1, 0.15) is 24.4 Å². The lowest BCUT2D eigenvalue weighted by molar-refractivity contribution is -0.140. The van der Waals surface area contributed by atoms with Crippen LogP contribution >= 0.6 is 22.9 Å². The minimum atomic E-state index is -0.758. The molecule has 3 aromatic carbocycles. The molecule has 0 spiro atoms. The Morgan fingerprint density at radius 2 is 1.73 bits per heavy atom. The van der Waals surface area contributed by atoms with Crippen molar-refractivity contribution in [1.82, 2.24) is 9.88 Å². The number of hydrogen-bond acceptors (Lipinski definition) is 6. The summed E-state index contributed by atoms with van der Waals surface area (Å²) >= 11 is 7.50. The number of benzene rings is 3. The van der Waals surface area contributed by atoms with Crippen molar-refractivity contribution in [3.8, 4) is 22.8 Å². The first-order chi connectivity index (χ1) is 19.3. The van der Waals surface area contributed by atoms with E-state index >= 15 is 0 Å². The Morgan fingerprint density at radius 3 is 2.38 bits per heavy atom. The molecule has 2 amide bonds. The molecule has 1 unspecified atom stereocenters. The minimum Gasteiger partial charge on any atom is -0.497 e. The number of anilines is 1. The number of thiazole rings is 1. The number of carbonyl (C=O) groups excluding carboxylic acids is 2. The molecule has 0 fully saturated rings. The molecule has 7 nitrogen and oxygen atoms in total. The summed E-state index contributed by atoms with van der Waals surface area (Å²) in [7, 11) is 3.09. The first-order valence-electron chi connectivity index (χ1n) is 12.9. The molecule has 0 saturated carbocycles. The lowest BCUT2D eigenvalue weighted by Gasteiger charge is -2.33. The molecule has 1 N–H and O–H groups in total. The first-order valence-corrected chi connectivity index (χ1v) is 14.1. The molecule has 0 aliphatic rings. The summed E-state index contributed by atoms with van der Waals surface area (Å²) in [6.45, 7) is 4.05. The fraction of sp³-hybridized carbons (Fsp3) is 0.258. The average molecular weight is 578 g/mol. The smallest absolute Gasteiger partial charge is 0.247 e. The Morgan fingerprint density at radius 1 is 1.00 bits per heavy atom. The van der Waals surface area contributed by atoms with Crippen LogP contribution in [0.25, 0.3) is 11.3 Å². The van der Waals surface area contributed by atoms with Crippen molar-refractivity contribution in [2.24, 2.45) is 5.92 Å². The van der Waals surface area contributed by atoms with E-state index in [1.54, 1.807) is 30.2 Å². The largest absolute Gasteiger partial charge is 0.497 e. The molecular formula is C31H32ClN3O4S. The number of ether oxygens (including phenoxy) is 2. The van der Waals surface area contributed by atoms with Gasteiger partial charge in [0.25, 0.3) is 0 Å². The van der Waals surface area contributed by atoms with Crippen LogP contribution in [0.3, 0.4) is 0 Å². The molecule has 0 bridgehead atoms. The highest BCUT2D eigenvalue weighted by Crippen LogP contribution is 2.31. The second-order valence-corrected chi connectivity index (χ2v) is 10.9. The zero-order valence-electron chi connectivity index (χ0n) is 22.9. The zero-order valence-corrected chi connectivity index (χ0v) is 24.5. The van der Waals surface area contributed by atoms with Crippen molar-refractivity contribution in [3.63, 3.8) is 0 Å². The van der Waals surface area contributed by atoms with E-state index in [0.29, 0.717) is 22.2 Å². The number of amides is 2. The number of halogens is 1. The van der Waals surface area contributed by atoms with Gasteiger partial charge in [-0.25, -0.2) is 4.98 Å². The maximum absolute atomic E-state index is 13.8. The van der Waals surface area contributed by atoms with Crippen LogP contribution < -0.4 is 14.8 Å². The Kier molecular flexibility index (Phi) is 9.79. The van der Waals surface area contributed by atoms with Gasteiger partial charge in [-0.1, -0.05) is 67.9 Å². The number of nitrogens with one attached hydrogen (secondary N) is 1. The number of rotatable bonds is 11. The van der Waals surface area contributed by atoms with Crippen molar-refractivity contribution < 1.29 is 19.1 Å². The van der Waals surface area contributed by atoms with Crippen molar-refractivity contribution in [3.05, 3.63) is 93.8 Å². The van der Waals surface area contributed by atoms with Gasteiger partial charge >= 0.3 is 0 Å². The van der Waals surface area contributed by atoms with Gasteiger partial charge in [0.15, 0.2) is 0 Å². The van der Waals surface area contributed by atoms with Crippen LogP contribution in [-0.4, -0.2) is 42.0 Å². The predicted octanol–water partition coefficient (Wildman–Crippen LogP) is 6.72. The fourth-order valence-corrected chi connectivity index (χ4v) is 5.34. The molecule has 0 radical (unpaired) electrons. The molecule has 0 aliphatic carbocycles. The molecular weight excluding hydrogens is 546 g/mol. The summed E-state index contributed by atoms with van der Waals surface area (Å²) < 4.78 is 10.7. The summed E-state index contributed by atoms with van der Waals surface area (Å²) in [5, 5.41) is 6.30. The molecule has 1 heterocycles. The Labute approximate surface area is 243 Å². The molecule has 40 heavy (non-hydrogen) atoms. The van der Waals surface area contributed by atoms with Crippen molar-refractivity contribution in [1.29, 1.82) is 0 Å². The molecule has 1 atom stereocenters. The molecule has 1 aromatic heterocycles. The second-order valence-electron chi connectivity index (χ2n) is 9.56. The predicted molar refractivity (Wildman–Crippen MR) is 160 cm³/mol. The quantitative estimate of drug-likeness (QED) is 0.214. The lowest BCUT2D eigenvalue weighted by atomic mass is 10.00. The summed E-state index contributed by atoms with van der Waals surface area (Å²) in [5.41, 5.74) is 3.09. The standard InChI is InChI=1S/C31H32ClN3O4S/c1-20(2)30(31(37)34-25-15-14-24(38-3)17-27(25)39-4)35(29(36)16-21-8-6-5-7-9-21)18-28-33-26(19-40-28)22-10-12-23(32)13-11-22/h5-15,17,19-20,30H,16,18H2,1-4H3,(H,34,37). The maximum Gasteiger partial charge on any atom is 0.247 e. The number of carbonyl (C=O) groups is 2. The topological polar surface area (TPSA) is 80.8 Å². The molecule has 4 rings (SSSR count). The van der Waals surface area contributed by atoms with Crippen LogP contribution in [0.2, 0.25) is 5.02 Å². The molecule has 0 saturated heterocycles. The monoisotopic (exact) mass is 577 g/mol. The zero-order chi connectivity index (χ0) is 28.6. The lowest BCUT2D eigenvalue weighted by Crippen LogP contribution is -2.50. The van der Waals surface area contributed by atoms with Crippen LogP contribution in [0.15, 0.2) is 78.2 Å². The summed E-state index contributed by atoms with van der Waals surface area (Å²) in [6, 6.07) is 21.4. The normalized spacial score (nSPS) is 11.7. The molecule has 0 aliphatic heterocycles. The van der Waals surface area contributed by atoms with Crippen LogP contribution in [0.5, 0.6) is 11.5 Å². The van der Waals surface area contributed by atoms with Crippen molar-refractivity contribution in [2.75, 3.05) is 19.5 Å². The van der Waals surface area contributed by atoms with Gasteiger partial charge < -0.3 is 19.7 Å². The number of methoxy groups -OCH3 is 2. The average Bonchev–Trinajstić information content (AvgIpc) is 3.42. The SMILES string of the molecule is COc1ccc(NC(=O)C(C(C)C)N(Cc2nc(-c3ccc(Cl)cc3)cs2)C(=O)Cc2ccccc2)c(OC)c1. The maximum atomic E-state index is 13.8. The molecule has 9 heteroatoms. The van der Waals surface area contributed by atoms with Gasteiger partial charge in [0, 0.05) is 22.0 Å². The van der Waals surface area contributed by atoms with E-state index in [9.17, 15) is 9.59 Å². The first kappa shape index (κ1) is 29.1. The minimum absolute atomic E-state index is 0.162. The van der Waals surface area contributed by atoms with E-state index < -0.39 is 6.04 Å². The van der Waals surface area contributed by atoms with E-state index in [4.69, 9.17) is 26.1 Å². The Hall–Kier alpha value is -3.88. The number of hydrogen-bond donors (Lipinski definition) is 1. The number of aromatic nitrogens is 1. The summed E-state index contributed by atoms with van der Waals surface area (Å²) in [5.74, 6) is 0.416. The highest BCUT2D eigenvalue weighted by Gasteiger charge is 2.33. The van der Waals surface area contributed by atoms with E-state index in [1.807, 2.05) is 73.8 Å². The highest BCUT2D eigenvalue weighted by molar-refractivity contribution is 7.09. The fourth-order valence-electron chi connectivity index (χ4n) is 4.41. The van der Waals surface area contributed by atoms with Gasteiger partial charge in [-0.2, -0.15) is 0 Å². The van der Waals surface area contributed by atoms with Crippen LogP contribution in [0, 0.1) is 5.92 Å². The third-order valence-electron chi connectivity index (χ3n) is 6.42. The molecule has 208 valence electrons. The van der Waals surface area contributed by atoms with Crippen LogP contribution in [-0.2, 0) is 22.6 Å². The van der Waals surface area contributed by atoms with Crippen molar-refractivity contribution >= 4 is 40.4 Å². The summed E-state index contributed by atoms with van der Waals surface area (Å²) in [4.78, 5) is 34.0. The van der Waals surface area contributed by atoms with E-state index in [0.717, 1.165) is 21.8 Å². The van der Waals surface area contributed by atoms with Gasteiger partial charge in [0.1, 0.15) is 22.5 Å². The molecule has 4 aromatic rings. The van der Waals surface area contributed by atoms with Crippen LogP contribution in [0.4, 0.5) is 5.69 Å². The van der Waals surface area contributed by atoms with Gasteiger partial charge in [-0.3, -0.25) is 9.59 Å². The van der Waals surface area contributed by atoms with Crippen molar-refractivity contribution in [2.45, 2.75) is 32.9 Å². The van der Waals surface area contributed by atoms with E-state index in [-0.39, 0.29) is 30.7 Å².